The predicted octanol–water partition coefficient (Wildman–Crippen LogP) is 4.59. The van der Waals surface area contributed by atoms with E-state index >= 15 is 0 Å². The molecule has 0 saturated carbocycles. The van der Waals surface area contributed by atoms with Crippen molar-refractivity contribution in [3.05, 3.63) is 69.6 Å². The van der Waals surface area contributed by atoms with Crippen LogP contribution in [-0.2, 0) is 17.6 Å². The number of nitrogens with zero attached hydrogens (tertiary/aromatic N) is 2. The van der Waals surface area contributed by atoms with Gasteiger partial charge in [0.2, 0.25) is 5.91 Å². The van der Waals surface area contributed by atoms with Crippen molar-refractivity contribution in [3.8, 4) is 17.0 Å². The quantitative estimate of drug-likeness (QED) is 0.514. The van der Waals surface area contributed by atoms with Crippen LogP contribution in [0, 0.1) is 3.57 Å². The van der Waals surface area contributed by atoms with Crippen LogP contribution >= 0.6 is 22.6 Å². The van der Waals surface area contributed by atoms with Crippen molar-refractivity contribution in [2.45, 2.75) is 26.2 Å². The van der Waals surface area contributed by atoms with Crippen LogP contribution in [0.15, 0.2) is 54.7 Å². The lowest BCUT2D eigenvalue weighted by molar-refractivity contribution is -0.115. The second-order valence-electron chi connectivity index (χ2n) is 6.20. The van der Waals surface area contributed by atoms with E-state index in [-0.39, 0.29) is 11.7 Å². The Bertz CT molecular complexity index is 925. The van der Waals surface area contributed by atoms with Crippen LogP contribution in [0.5, 0.6) is 5.75 Å². The Morgan fingerprint density at radius 3 is 2.48 bits per heavy atom. The number of aryl methyl sites for hydroxylation is 1. The zero-order valence-corrected chi connectivity index (χ0v) is 17.1. The molecule has 3 rings (SSSR count). The van der Waals surface area contributed by atoms with Gasteiger partial charge < -0.3 is 10.4 Å². The monoisotopic (exact) mass is 473 g/mol. The first-order valence-electron chi connectivity index (χ1n) is 8.74. The molecule has 0 bridgehead atoms. The first-order chi connectivity index (χ1) is 13.0. The summed E-state index contributed by atoms with van der Waals surface area (Å²) >= 11 is 2.24. The number of phenols is 1. The first-order valence-corrected chi connectivity index (χ1v) is 9.82. The van der Waals surface area contributed by atoms with Crippen molar-refractivity contribution < 1.29 is 9.90 Å². The molecule has 0 atom stereocenters. The molecule has 0 spiro atoms. The number of aromatic nitrogens is 2. The Hall–Kier alpha value is -2.48. The largest absolute Gasteiger partial charge is 0.508 e. The molecule has 0 aliphatic rings. The standard InChI is InChI=1S/C21H20IN3O2/c1-2-3-18-21(25-20(27)12-14-4-8-16(22)9-5-14)23-13-19(24-18)15-6-10-17(26)11-7-15/h4-11,13,26H,2-3,12H2,1H3,(H,23,25,27). The smallest absolute Gasteiger partial charge is 0.229 e. The van der Waals surface area contributed by atoms with Gasteiger partial charge in [0.25, 0.3) is 0 Å². The highest BCUT2D eigenvalue weighted by atomic mass is 127. The molecule has 1 aromatic heterocycles. The lowest BCUT2D eigenvalue weighted by atomic mass is 10.1. The van der Waals surface area contributed by atoms with Crippen molar-refractivity contribution in [2.75, 3.05) is 5.32 Å². The molecule has 0 saturated heterocycles. The number of amides is 1. The van der Waals surface area contributed by atoms with Crippen molar-refractivity contribution in [1.82, 2.24) is 9.97 Å². The molecule has 5 nitrogen and oxygen atoms in total. The van der Waals surface area contributed by atoms with Crippen LogP contribution in [0.25, 0.3) is 11.3 Å². The molecule has 0 aliphatic heterocycles. The lowest BCUT2D eigenvalue weighted by Crippen LogP contribution is -2.17. The van der Waals surface area contributed by atoms with Crippen LogP contribution in [0.4, 0.5) is 5.82 Å². The fraction of sp³-hybridized carbons (Fsp3) is 0.190. The van der Waals surface area contributed by atoms with Crippen LogP contribution in [0.1, 0.15) is 24.6 Å². The van der Waals surface area contributed by atoms with Gasteiger partial charge in [-0.3, -0.25) is 4.79 Å². The third-order valence-corrected chi connectivity index (χ3v) is 4.75. The van der Waals surface area contributed by atoms with Crippen molar-refractivity contribution in [3.63, 3.8) is 0 Å². The minimum Gasteiger partial charge on any atom is -0.508 e. The summed E-state index contributed by atoms with van der Waals surface area (Å²) in [5, 5.41) is 12.3. The molecule has 3 aromatic rings. The molecule has 138 valence electrons. The van der Waals surface area contributed by atoms with Gasteiger partial charge in [0.1, 0.15) is 5.75 Å². The lowest BCUT2D eigenvalue weighted by Gasteiger charge is -2.11. The molecule has 0 fully saturated rings. The number of halogens is 1. The molecule has 6 heteroatoms. The van der Waals surface area contributed by atoms with Gasteiger partial charge in [-0.1, -0.05) is 25.5 Å². The van der Waals surface area contributed by atoms with E-state index in [0.717, 1.165) is 33.2 Å². The Morgan fingerprint density at radius 2 is 1.81 bits per heavy atom. The van der Waals surface area contributed by atoms with Crippen molar-refractivity contribution >= 4 is 34.3 Å². The zero-order valence-electron chi connectivity index (χ0n) is 14.9. The van der Waals surface area contributed by atoms with Crippen LogP contribution in [0.2, 0.25) is 0 Å². The summed E-state index contributed by atoms with van der Waals surface area (Å²) in [6.07, 6.45) is 3.56. The van der Waals surface area contributed by atoms with Gasteiger partial charge in [-0.15, -0.1) is 0 Å². The summed E-state index contributed by atoms with van der Waals surface area (Å²) in [5.74, 6) is 0.607. The molecule has 0 radical (unpaired) electrons. The Balaban J connectivity index is 1.78. The Kier molecular flexibility index (Phi) is 6.39. The van der Waals surface area contributed by atoms with Crippen LogP contribution in [-0.4, -0.2) is 21.0 Å². The summed E-state index contributed by atoms with van der Waals surface area (Å²) in [5.41, 5.74) is 3.31. The molecular weight excluding hydrogens is 453 g/mol. The number of aromatic hydroxyl groups is 1. The molecule has 0 aliphatic carbocycles. The Labute approximate surface area is 172 Å². The third kappa shape index (κ3) is 5.26. The highest BCUT2D eigenvalue weighted by Gasteiger charge is 2.12. The van der Waals surface area contributed by atoms with Gasteiger partial charge in [0, 0.05) is 9.13 Å². The van der Waals surface area contributed by atoms with Crippen molar-refractivity contribution in [1.29, 1.82) is 0 Å². The van der Waals surface area contributed by atoms with E-state index in [0.29, 0.717) is 17.9 Å². The topological polar surface area (TPSA) is 75.1 Å². The number of hydrogen-bond acceptors (Lipinski definition) is 4. The third-order valence-electron chi connectivity index (χ3n) is 4.03. The normalized spacial score (nSPS) is 10.6. The number of carbonyl (C=O) groups excluding carboxylic acids is 1. The Morgan fingerprint density at radius 1 is 1.11 bits per heavy atom. The van der Waals surface area contributed by atoms with E-state index in [1.807, 2.05) is 24.3 Å². The SMILES string of the molecule is CCCc1nc(-c2ccc(O)cc2)cnc1NC(=O)Cc1ccc(I)cc1. The van der Waals surface area contributed by atoms with E-state index < -0.39 is 0 Å². The number of benzene rings is 2. The van der Waals surface area contributed by atoms with Gasteiger partial charge >= 0.3 is 0 Å². The first kappa shape index (κ1) is 19.3. The van der Waals surface area contributed by atoms with E-state index in [9.17, 15) is 9.90 Å². The molecule has 2 aromatic carbocycles. The summed E-state index contributed by atoms with van der Waals surface area (Å²) in [6.45, 7) is 2.06. The number of nitrogens with one attached hydrogen (secondary N) is 1. The fourth-order valence-corrected chi connectivity index (χ4v) is 3.04. The van der Waals surface area contributed by atoms with E-state index in [1.165, 1.54) is 0 Å². The van der Waals surface area contributed by atoms with Gasteiger partial charge in [-0.05, 0) is 71.0 Å². The van der Waals surface area contributed by atoms with E-state index in [2.05, 4.69) is 44.8 Å². The van der Waals surface area contributed by atoms with E-state index in [4.69, 9.17) is 0 Å². The number of phenolic OH excluding ortho intramolecular Hbond substituents is 1. The van der Waals surface area contributed by atoms with Gasteiger partial charge in [0.05, 0.1) is 24.0 Å². The number of carbonyl (C=O) groups is 1. The summed E-state index contributed by atoms with van der Waals surface area (Å²) in [6, 6.07) is 14.7. The maximum atomic E-state index is 12.4. The van der Waals surface area contributed by atoms with Gasteiger partial charge in [-0.25, -0.2) is 9.97 Å². The molecule has 1 amide bonds. The molecule has 0 unspecified atom stereocenters. The molecular formula is C21H20IN3O2. The summed E-state index contributed by atoms with van der Waals surface area (Å²) in [4.78, 5) is 21.5. The maximum Gasteiger partial charge on any atom is 0.229 e. The molecule has 1 heterocycles. The summed E-state index contributed by atoms with van der Waals surface area (Å²) < 4.78 is 1.14. The summed E-state index contributed by atoms with van der Waals surface area (Å²) in [7, 11) is 0. The highest BCUT2D eigenvalue weighted by Crippen LogP contribution is 2.22. The average Bonchev–Trinajstić information content (AvgIpc) is 2.66. The zero-order chi connectivity index (χ0) is 19.2. The van der Waals surface area contributed by atoms with Crippen molar-refractivity contribution in [2.24, 2.45) is 0 Å². The fourth-order valence-electron chi connectivity index (χ4n) is 2.68. The maximum absolute atomic E-state index is 12.4. The second kappa shape index (κ2) is 8.94. The minimum absolute atomic E-state index is 0.111. The second-order valence-corrected chi connectivity index (χ2v) is 7.44. The number of rotatable bonds is 6. The minimum atomic E-state index is -0.111. The van der Waals surface area contributed by atoms with Crippen LogP contribution < -0.4 is 5.32 Å². The van der Waals surface area contributed by atoms with Crippen LogP contribution in [0.3, 0.4) is 0 Å². The number of hydrogen-bond donors (Lipinski definition) is 2. The van der Waals surface area contributed by atoms with Gasteiger partial charge in [0.15, 0.2) is 5.82 Å². The number of anilines is 1. The average molecular weight is 473 g/mol. The molecule has 2 N–H and O–H groups in total. The van der Waals surface area contributed by atoms with Gasteiger partial charge in [-0.2, -0.15) is 0 Å². The predicted molar refractivity (Wildman–Crippen MR) is 115 cm³/mol. The highest BCUT2D eigenvalue weighted by molar-refractivity contribution is 14.1. The molecule has 27 heavy (non-hydrogen) atoms. The van der Waals surface area contributed by atoms with E-state index in [1.54, 1.807) is 30.5 Å².